The van der Waals surface area contributed by atoms with E-state index < -0.39 is 0 Å². The molecule has 0 unspecified atom stereocenters. The first-order chi connectivity index (χ1) is 13.4. The van der Waals surface area contributed by atoms with Crippen LogP contribution in [-0.2, 0) is 13.0 Å². The van der Waals surface area contributed by atoms with E-state index in [1.165, 1.54) is 17.3 Å². The molecule has 0 spiro atoms. The summed E-state index contributed by atoms with van der Waals surface area (Å²) in [6.07, 6.45) is 0.902. The van der Waals surface area contributed by atoms with E-state index in [4.69, 9.17) is 4.42 Å². The molecule has 6 heteroatoms. The van der Waals surface area contributed by atoms with Crippen molar-refractivity contribution in [3.63, 3.8) is 0 Å². The Balaban J connectivity index is 1.47. The zero-order chi connectivity index (χ0) is 19.5. The van der Waals surface area contributed by atoms with Gasteiger partial charge in [0.15, 0.2) is 5.58 Å². The average Bonchev–Trinajstić information content (AvgIpc) is 3.18. The number of benzene rings is 2. The third-order valence-corrected chi connectivity index (χ3v) is 5.16. The molecular weight excluding hydrogens is 355 g/mol. The highest BCUT2D eigenvalue weighted by atomic mass is 19.1. The Bertz CT molecular complexity index is 1180. The number of hydrogen-bond acceptors (Lipinski definition) is 4. The van der Waals surface area contributed by atoms with Crippen LogP contribution in [0.15, 0.2) is 40.8 Å². The average molecular weight is 378 g/mol. The fourth-order valence-electron chi connectivity index (χ4n) is 3.90. The number of fused-ring (bicyclic) bond motifs is 4. The lowest BCUT2D eigenvalue weighted by atomic mass is 10.0. The largest absolute Gasteiger partial charge is 0.424 e. The molecule has 1 aliphatic heterocycles. The molecule has 2 aromatic heterocycles. The van der Waals surface area contributed by atoms with Crippen LogP contribution >= 0.6 is 0 Å². The van der Waals surface area contributed by atoms with Gasteiger partial charge in [0.1, 0.15) is 11.3 Å². The van der Waals surface area contributed by atoms with Crippen LogP contribution < -0.4 is 10.2 Å². The summed E-state index contributed by atoms with van der Waals surface area (Å²) in [7, 11) is 0. The van der Waals surface area contributed by atoms with Gasteiger partial charge in [-0.05, 0) is 57.2 Å². The number of rotatable bonds is 2. The van der Waals surface area contributed by atoms with Crippen molar-refractivity contribution >= 4 is 33.7 Å². The molecule has 2 aromatic carbocycles. The van der Waals surface area contributed by atoms with Crippen LogP contribution in [0.2, 0.25) is 0 Å². The van der Waals surface area contributed by atoms with Gasteiger partial charge < -0.3 is 19.6 Å². The maximum Gasteiger partial charge on any atom is 0.296 e. The first-order valence-corrected chi connectivity index (χ1v) is 9.58. The van der Waals surface area contributed by atoms with Crippen molar-refractivity contribution in [2.24, 2.45) is 0 Å². The second kappa shape index (κ2) is 5.99. The summed E-state index contributed by atoms with van der Waals surface area (Å²) in [5.41, 5.74) is 5.95. The van der Waals surface area contributed by atoms with Gasteiger partial charge in [-0.25, -0.2) is 4.39 Å². The van der Waals surface area contributed by atoms with Crippen molar-refractivity contribution in [3.8, 4) is 0 Å². The molecule has 28 heavy (non-hydrogen) atoms. The Labute approximate surface area is 162 Å². The monoisotopic (exact) mass is 378 g/mol. The van der Waals surface area contributed by atoms with Gasteiger partial charge in [0.05, 0.1) is 0 Å². The van der Waals surface area contributed by atoms with Crippen molar-refractivity contribution in [2.45, 2.75) is 39.3 Å². The van der Waals surface area contributed by atoms with Gasteiger partial charge in [-0.15, -0.1) is 0 Å². The number of hydrogen-bond donors (Lipinski definition) is 2. The second-order valence-corrected chi connectivity index (χ2v) is 8.49. The molecule has 5 nitrogen and oxygen atoms in total. The molecule has 2 N–H and O–H groups in total. The Kier molecular flexibility index (Phi) is 3.66. The molecule has 4 aromatic rings. The number of halogens is 1. The number of aromatic nitrogens is 2. The van der Waals surface area contributed by atoms with Gasteiger partial charge in [0, 0.05) is 52.9 Å². The van der Waals surface area contributed by atoms with Crippen molar-refractivity contribution in [1.82, 2.24) is 9.97 Å². The number of oxazole rings is 1. The molecule has 0 amide bonds. The predicted octanol–water partition coefficient (Wildman–Crippen LogP) is 5.22. The summed E-state index contributed by atoms with van der Waals surface area (Å²) in [6, 6.07) is 11.6. The molecule has 0 aliphatic carbocycles. The maximum absolute atomic E-state index is 13.5. The van der Waals surface area contributed by atoms with Crippen molar-refractivity contribution in [1.29, 1.82) is 0 Å². The van der Waals surface area contributed by atoms with Crippen LogP contribution in [0.4, 0.5) is 16.1 Å². The molecule has 0 atom stereocenters. The van der Waals surface area contributed by atoms with Crippen LogP contribution in [0.3, 0.4) is 0 Å². The minimum absolute atomic E-state index is 0.109. The first kappa shape index (κ1) is 17.1. The molecule has 1 aliphatic rings. The van der Waals surface area contributed by atoms with E-state index in [2.05, 4.69) is 53.1 Å². The number of anilines is 2. The second-order valence-electron chi connectivity index (χ2n) is 8.49. The van der Waals surface area contributed by atoms with E-state index in [1.807, 2.05) is 12.1 Å². The van der Waals surface area contributed by atoms with E-state index in [-0.39, 0.29) is 11.4 Å². The van der Waals surface area contributed by atoms with Crippen molar-refractivity contribution < 1.29 is 8.81 Å². The highest BCUT2D eigenvalue weighted by Gasteiger charge is 2.22. The minimum atomic E-state index is -0.209. The number of nitrogens with one attached hydrogen (secondary N) is 2. The molecule has 0 fully saturated rings. The molecule has 0 radical (unpaired) electrons. The van der Waals surface area contributed by atoms with Gasteiger partial charge in [0.25, 0.3) is 6.01 Å². The molecule has 144 valence electrons. The Morgan fingerprint density at radius 2 is 2.04 bits per heavy atom. The fourth-order valence-corrected chi connectivity index (χ4v) is 3.90. The molecule has 0 bridgehead atoms. The summed E-state index contributed by atoms with van der Waals surface area (Å²) >= 11 is 0. The minimum Gasteiger partial charge on any atom is -0.424 e. The third-order valence-electron chi connectivity index (χ3n) is 5.16. The van der Waals surface area contributed by atoms with Crippen LogP contribution in [0.25, 0.3) is 22.0 Å². The van der Waals surface area contributed by atoms with E-state index >= 15 is 0 Å². The van der Waals surface area contributed by atoms with E-state index in [0.29, 0.717) is 6.01 Å². The Morgan fingerprint density at radius 3 is 2.86 bits per heavy atom. The highest BCUT2D eigenvalue weighted by molar-refractivity contribution is 5.86. The lowest BCUT2D eigenvalue weighted by molar-refractivity contribution is 0.555. The first-order valence-electron chi connectivity index (χ1n) is 9.58. The Hall–Kier alpha value is -3.02. The van der Waals surface area contributed by atoms with Gasteiger partial charge in [-0.3, -0.25) is 0 Å². The van der Waals surface area contributed by atoms with Gasteiger partial charge in [0.2, 0.25) is 0 Å². The number of aromatic amines is 1. The standard InChI is InChI=1S/C22H23FN4O/c1-22(2,3)26-21-25-19-11-14(5-7-20(19)28-21)27-9-8-17-16(12-27)15-6-4-13(23)10-18(15)24-17/h4-7,10-11,24H,8-9,12H2,1-3H3,(H,25,26). The fraction of sp³-hybridized carbons (Fsp3) is 0.318. The van der Waals surface area contributed by atoms with Crippen molar-refractivity contribution in [2.75, 3.05) is 16.8 Å². The van der Waals surface area contributed by atoms with Crippen LogP contribution in [0, 0.1) is 5.82 Å². The lowest BCUT2D eigenvalue weighted by Gasteiger charge is -2.29. The highest BCUT2D eigenvalue weighted by Crippen LogP contribution is 2.32. The van der Waals surface area contributed by atoms with Crippen LogP contribution in [0.5, 0.6) is 0 Å². The molecule has 5 rings (SSSR count). The molecule has 0 saturated carbocycles. The molecule has 0 saturated heterocycles. The smallest absolute Gasteiger partial charge is 0.296 e. The van der Waals surface area contributed by atoms with Crippen LogP contribution in [-0.4, -0.2) is 22.1 Å². The predicted molar refractivity (Wildman–Crippen MR) is 110 cm³/mol. The van der Waals surface area contributed by atoms with Gasteiger partial charge in [-0.2, -0.15) is 4.98 Å². The normalized spacial score (nSPS) is 14.6. The van der Waals surface area contributed by atoms with Crippen LogP contribution in [0.1, 0.15) is 32.0 Å². The summed E-state index contributed by atoms with van der Waals surface area (Å²) in [6.45, 7) is 7.92. The SMILES string of the molecule is CC(C)(C)Nc1nc2cc(N3CCc4[nH]c5cc(F)ccc5c4C3)ccc2o1. The summed E-state index contributed by atoms with van der Waals surface area (Å²) in [5.74, 6) is -0.209. The lowest BCUT2D eigenvalue weighted by Crippen LogP contribution is -2.29. The topological polar surface area (TPSA) is 57.1 Å². The summed E-state index contributed by atoms with van der Waals surface area (Å²) in [4.78, 5) is 10.3. The zero-order valence-electron chi connectivity index (χ0n) is 16.3. The molecule has 3 heterocycles. The summed E-state index contributed by atoms with van der Waals surface area (Å²) < 4.78 is 19.4. The van der Waals surface area contributed by atoms with Gasteiger partial charge >= 0.3 is 0 Å². The Morgan fingerprint density at radius 1 is 1.18 bits per heavy atom. The quantitative estimate of drug-likeness (QED) is 0.502. The van der Waals surface area contributed by atoms with E-state index in [0.717, 1.165) is 47.2 Å². The number of H-pyrrole nitrogens is 1. The third kappa shape index (κ3) is 2.99. The number of nitrogens with zero attached hydrogens (tertiary/aromatic N) is 2. The summed E-state index contributed by atoms with van der Waals surface area (Å²) in [5, 5.41) is 4.38. The van der Waals surface area contributed by atoms with Crippen molar-refractivity contribution in [3.05, 3.63) is 53.5 Å². The van der Waals surface area contributed by atoms with E-state index in [9.17, 15) is 4.39 Å². The van der Waals surface area contributed by atoms with E-state index in [1.54, 1.807) is 6.07 Å². The zero-order valence-corrected chi connectivity index (χ0v) is 16.3. The maximum atomic E-state index is 13.5. The molecular formula is C22H23FN4O. The van der Waals surface area contributed by atoms with Gasteiger partial charge in [-0.1, -0.05) is 0 Å².